The largest absolute Gasteiger partial charge is 0.325 e. The predicted octanol–water partition coefficient (Wildman–Crippen LogP) is 3.44. The summed E-state index contributed by atoms with van der Waals surface area (Å²) in [6.45, 7) is 1.64. The van der Waals surface area contributed by atoms with E-state index in [1.165, 1.54) is 30.3 Å². The molecule has 2 aromatic carbocycles. The zero-order chi connectivity index (χ0) is 22.1. The molecule has 6 nitrogen and oxygen atoms in total. The van der Waals surface area contributed by atoms with E-state index in [0.29, 0.717) is 36.6 Å². The number of benzene rings is 2. The standard InChI is InChI=1S/C22H25ClFN3O3S/c23-16-2-1-3-20(14-16)31(29,30)22(10-11-22)26-19-8-12-27(13-9-19)15-21(28)25-18-6-4-17(24)5-7-18/h1-7,14,19,26H,8-13,15H2,(H,25,28). The van der Waals surface area contributed by atoms with Crippen molar-refractivity contribution >= 4 is 33.0 Å². The van der Waals surface area contributed by atoms with Gasteiger partial charge >= 0.3 is 0 Å². The molecule has 2 aliphatic rings. The molecule has 2 fully saturated rings. The summed E-state index contributed by atoms with van der Waals surface area (Å²) >= 11 is 5.99. The lowest BCUT2D eigenvalue weighted by atomic mass is 10.0. The summed E-state index contributed by atoms with van der Waals surface area (Å²) in [5.41, 5.74) is 0.560. The van der Waals surface area contributed by atoms with E-state index in [9.17, 15) is 17.6 Å². The molecule has 9 heteroatoms. The number of nitrogens with zero attached hydrogens (tertiary/aromatic N) is 1. The van der Waals surface area contributed by atoms with Crippen LogP contribution in [0.3, 0.4) is 0 Å². The van der Waals surface area contributed by atoms with E-state index in [2.05, 4.69) is 10.6 Å². The quantitative estimate of drug-likeness (QED) is 0.655. The minimum atomic E-state index is -3.52. The third-order valence-corrected chi connectivity index (χ3v) is 8.54. The van der Waals surface area contributed by atoms with Crippen molar-refractivity contribution in [2.75, 3.05) is 25.0 Å². The monoisotopic (exact) mass is 465 g/mol. The molecule has 2 aromatic rings. The Kier molecular flexibility index (Phi) is 6.35. The van der Waals surface area contributed by atoms with Gasteiger partial charge in [-0.25, -0.2) is 12.8 Å². The Hall–Kier alpha value is -2.00. The normalized spacial score (nSPS) is 19.2. The van der Waals surface area contributed by atoms with Crippen LogP contribution in [0.25, 0.3) is 0 Å². The maximum absolute atomic E-state index is 13.1. The maximum atomic E-state index is 13.1. The lowest BCUT2D eigenvalue weighted by Gasteiger charge is -2.34. The van der Waals surface area contributed by atoms with Gasteiger partial charge < -0.3 is 5.32 Å². The van der Waals surface area contributed by atoms with E-state index < -0.39 is 14.7 Å². The third-order valence-electron chi connectivity index (χ3n) is 5.87. The lowest BCUT2D eigenvalue weighted by Crippen LogP contribution is -2.51. The number of rotatable bonds is 7. The van der Waals surface area contributed by atoms with E-state index in [-0.39, 0.29) is 29.2 Å². The minimum absolute atomic E-state index is 0.0767. The molecule has 1 saturated heterocycles. The van der Waals surface area contributed by atoms with E-state index in [1.807, 2.05) is 4.90 Å². The van der Waals surface area contributed by atoms with Crippen LogP contribution in [0.4, 0.5) is 10.1 Å². The van der Waals surface area contributed by atoms with Gasteiger partial charge in [0.15, 0.2) is 9.84 Å². The van der Waals surface area contributed by atoms with Gasteiger partial charge in [0.25, 0.3) is 0 Å². The van der Waals surface area contributed by atoms with Crippen molar-refractivity contribution in [3.05, 3.63) is 59.4 Å². The first kappa shape index (κ1) is 22.2. The average Bonchev–Trinajstić information content (AvgIpc) is 3.52. The van der Waals surface area contributed by atoms with Crippen LogP contribution in [0, 0.1) is 5.82 Å². The highest BCUT2D eigenvalue weighted by molar-refractivity contribution is 7.93. The minimum Gasteiger partial charge on any atom is -0.325 e. The Morgan fingerprint density at radius 2 is 1.81 bits per heavy atom. The smallest absolute Gasteiger partial charge is 0.238 e. The van der Waals surface area contributed by atoms with Crippen molar-refractivity contribution < 1.29 is 17.6 Å². The highest BCUT2D eigenvalue weighted by atomic mass is 35.5. The number of carbonyl (C=O) groups excluding carboxylic acids is 1. The number of anilines is 1. The topological polar surface area (TPSA) is 78.5 Å². The molecule has 1 saturated carbocycles. The molecule has 1 aliphatic carbocycles. The summed E-state index contributed by atoms with van der Waals surface area (Å²) in [5, 5.41) is 6.56. The van der Waals surface area contributed by atoms with Crippen LogP contribution in [-0.4, -0.2) is 49.8 Å². The summed E-state index contributed by atoms with van der Waals surface area (Å²) in [6, 6.07) is 12.1. The second-order valence-corrected chi connectivity index (χ2v) is 10.9. The van der Waals surface area contributed by atoms with Crippen LogP contribution in [0.5, 0.6) is 0 Å². The molecule has 1 heterocycles. The molecule has 0 atom stereocenters. The number of nitrogens with one attached hydrogen (secondary N) is 2. The van der Waals surface area contributed by atoms with E-state index >= 15 is 0 Å². The summed E-state index contributed by atoms with van der Waals surface area (Å²) < 4.78 is 39.3. The summed E-state index contributed by atoms with van der Waals surface area (Å²) in [6.07, 6.45) is 2.69. The molecule has 1 aliphatic heterocycles. The van der Waals surface area contributed by atoms with E-state index in [1.54, 1.807) is 18.2 Å². The molecule has 4 rings (SSSR count). The molecule has 0 bridgehead atoms. The first-order chi connectivity index (χ1) is 14.8. The van der Waals surface area contributed by atoms with Gasteiger partial charge in [-0.05, 0) is 68.1 Å². The van der Waals surface area contributed by atoms with Crippen LogP contribution >= 0.6 is 11.6 Å². The zero-order valence-electron chi connectivity index (χ0n) is 17.0. The fourth-order valence-electron chi connectivity index (χ4n) is 4.01. The fourth-order valence-corrected chi connectivity index (χ4v) is 6.22. The Morgan fingerprint density at radius 1 is 1.13 bits per heavy atom. The first-order valence-corrected chi connectivity index (χ1v) is 12.2. The van der Waals surface area contributed by atoms with Crippen molar-refractivity contribution in [2.45, 2.75) is 41.5 Å². The number of sulfone groups is 1. The maximum Gasteiger partial charge on any atom is 0.238 e. The van der Waals surface area contributed by atoms with Crippen molar-refractivity contribution in [1.29, 1.82) is 0 Å². The van der Waals surface area contributed by atoms with E-state index in [4.69, 9.17) is 11.6 Å². The molecule has 0 aromatic heterocycles. The molecule has 0 unspecified atom stereocenters. The number of piperidine rings is 1. The van der Waals surface area contributed by atoms with Crippen LogP contribution in [0.1, 0.15) is 25.7 Å². The van der Waals surface area contributed by atoms with Gasteiger partial charge in [0.2, 0.25) is 5.91 Å². The number of carbonyl (C=O) groups is 1. The molecule has 0 spiro atoms. The van der Waals surface area contributed by atoms with Gasteiger partial charge in [-0.1, -0.05) is 17.7 Å². The summed E-state index contributed by atoms with van der Waals surface area (Å²) in [7, 11) is -3.52. The number of amides is 1. The van der Waals surface area contributed by atoms with Crippen molar-refractivity contribution in [1.82, 2.24) is 10.2 Å². The highest BCUT2D eigenvalue weighted by Crippen LogP contribution is 2.45. The average molecular weight is 466 g/mol. The summed E-state index contributed by atoms with van der Waals surface area (Å²) in [5.74, 6) is -0.501. The molecule has 31 heavy (non-hydrogen) atoms. The molecular weight excluding hydrogens is 441 g/mol. The number of hydrogen-bond donors (Lipinski definition) is 2. The predicted molar refractivity (Wildman–Crippen MR) is 118 cm³/mol. The van der Waals surface area contributed by atoms with Gasteiger partial charge in [0, 0.05) is 29.8 Å². The Morgan fingerprint density at radius 3 is 2.42 bits per heavy atom. The highest BCUT2D eigenvalue weighted by Gasteiger charge is 2.56. The molecule has 166 valence electrons. The molecule has 0 radical (unpaired) electrons. The number of halogens is 2. The Bertz CT molecular complexity index is 1050. The molecular formula is C22H25ClFN3O3S. The second-order valence-electron chi connectivity index (χ2n) is 8.20. The number of hydrogen-bond acceptors (Lipinski definition) is 5. The van der Waals surface area contributed by atoms with Crippen molar-refractivity contribution in [2.24, 2.45) is 0 Å². The van der Waals surface area contributed by atoms with Gasteiger partial charge in [0.1, 0.15) is 10.7 Å². The van der Waals surface area contributed by atoms with Gasteiger partial charge in [-0.15, -0.1) is 0 Å². The van der Waals surface area contributed by atoms with Gasteiger partial charge in [0.05, 0.1) is 11.4 Å². The Balaban J connectivity index is 1.29. The fraction of sp³-hybridized carbons (Fsp3) is 0.409. The lowest BCUT2D eigenvalue weighted by molar-refractivity contribution is -0.117. The number of likely N-dealkylation sites (tertiary alicyclic amines) is 1. The third kappa shape index (κ3) is 5.09. The van der Waals surface area contributed by atoms with Crippen LogP contribution in [0.2, 0.25) is 5.02 Å². The molecule has 1 amide bonds. The van der Waals surface area contributed by atoms with Crippen LogP contribution in [-0.2, 0) is 14.6 Å². The van der Waals surface area contributed by atoms with Crippen molar-refractivity contribution in [3.63, 3.8) is 0 Å². The van der Waals surface area contributed by atoms with Crippen molar-refractivity contribution in [3.8, 4) is 0 Å². The molecule has 2 N–H and O–H groups in total. The van der Waals surface area contributed by atoms with Crippen LogP contribution in [0.15, 0.2) is 53.4 Å². The van der Waals surface area contributed by atoms with Crippen LogP contribution < -0.4 is 10.6 Å². The van der Waals surface area contributed by atoms with E-state index in [0.717, 1.165) is 12.8 Å². The zero-order valence-corrected chi connectivity index (χ0v) is 18.6. The van der Waals surface area contributed by atoms with Gasteiger partial charge in [-0.3, -0.25) is 15.0 Å². The Labute approximate surface area is 186 Å². The van der Waals surface area contributed by atoms with Gasteiger partial charge in [-0.2, -0.15) is 0 Å². The first-order valence-electron chi connectivity index (χ1n) is 10.3. The summed E-state index contributed by atoms with van der Waals surface area (Å²) in [4.78, 5) is 13.6. The second kappa shape index (κ2) is 8.86. The SMILES string of the molecule is O=C(CN1CCC(NC2(S(=O)(=O)c3cccc(Cl)c3)CC2)CC1)Nc1ccc(F)cc1.